The van der Waals surface area contributed by atoms with Gasteiger partial charge in [0.25, 0.3) is 5.91 Å². The molecule has 2 aromatic carbocycles. The summed E-state index contributed by atoms with van der Waals surface area (Å²) in [7, 11) is 1.54. The second kappa shape index (κ2) is 8.86. The topological polar surface area (TPSA) is 55.8 Å². The number of methoxy groups -OCH3 is 1. The Morgan fingerprint density at radius 2 is 1.96 bits per heavy atom. The van der Waals surface area contributed by atoms with Crippen molar-refractivity contribution in [1.29, 1.82) is 0 Å². The summed E-state index contributed by atoms with van der Waals surface area (Å²) < 4.78 is 11.0. The summed E-state index contributed by atoms with van der Waals surface area (Å²) >= 11 is 6.48. The van der Waals surface area contributed by atoms with Gasteiger partial charge in [0.1, 0.15) is 15.8 Å². The highest BCUT2D eigenvalue weighted by Gasteiger charge is 2.30. The number of thioether (sulfide) groups is 1. The molecule has 0 N–H and O–H groups in total. The molecule has 7 heteroatoms. The molecule has 5 nitrogen and oxygen atoms in total. The number of amides is 1. The summed E-state index contributed by atoms with van der Waals surface area (Å²) in [4.78, 5) is 26.7. The number of carbonyl (C=O) groups is 2. The molecule has 0 unspecified atom stereocenters. The van der Waals surface area contributed by atoms with E-state index in [-0.39, 0.29) is 5.91 Å². The molecule has 1 fully saturated rings. The summed E-state index contributed by atoms with van der Waals surface area (Å²) in [5.74, 6) is 0.378. The van der Waals surface area contributed by atoms with Gasteiger partial charge in [-0.25, -0.2) is 4.79 Å². The van der Waals surface area contributed by atoms with Crippen LogP contribution in [0.4, 0.5) is 0 Å². The maximum Gasteiger partial charge on any atom is 0.343 e. The van der Waals surface area contributed by atoms with E-state index in [1.807, 2.05) is 0 Å². The van der Waals surface area contributed by atoms with E-state index in [2.05, 4.69) is 6.58 Å². The van der Waals surface area contributed by atoms with Crippen LogP contribution in [0.2, 0.25) is 0 Å². The van der Waals surface area contributed by atoms with Crippen LogP contribution >= 0.6 is 24.0 Å². The first-order valence-corrected chi connectivity index (χ1v) is 9.57. The second-order valence-electron chi connectivity index (χ2n) is 5.77. The van der Waals surface area contributed by atoms with Crippen LogP contribution in [0.3, 0.4) is 0 Å². The molecule has 1 amide bonds. The first-order chi connectivity index (χ1) is 13.5. The fourth-order valence-corrected chi connectivity index (χ4v) is 3.76. The molecule has 1 aliphatic rings. The quantitative estimate of drug-likeness (QED) is 0.232. The Morgan fingerprint density at radius 1 is 1.21 bits per heavy atom. The number of thiocarbonyl (C=S) groups is 1. The van der Waals surface area contributed by atoms with Crippen molar-refractivity contribution < 1.29 is 19.1 Å². The van der Waals surface area contributed by atoms with Gasteiger partial charge in [-0.2, -0.15) is 0 Å². The first kappa shape index (κ1) is 19.9. The Balaban J connectivity index is 1.70. The monoisotopic (exact) mass is 411 g/mol. The van der Waals surface area contributed by atoms with Crippen molar-refractivity contribution in [2.24, 2.45) is 0 Å². The zero-order chi connectivity index (χ0) is 20.1. The van der Waals surface area contributed by atoms with Gasteiger partial charge in [-0.1, -0.05) is 48.3 Å². The lowest BCUT2D eigenvalue weighted by atomic mass is 10.2. The van der Waals surface area contributed by atoms with Crippen LogP contribution in [0, 0.1) is 0 Å². The van der Waals surface area contributed by atoms with Crippen molar-refractivity contribution in [3.8, 4) is 11.5 Å². The average molecular weight is 412 g/mol. The van der Waals surface area contributed by atoms with E-state index < -0.39 is 5.97 Å². The van der Waals surface area contributed by atoms with Crippen LogP contribution < -0.4 is 9.47 Å². The molecule has 142 valence electrons. The largest absolute Gasteiger partial charge is 0.497 e. The lowest BCUT2D eigenvalue weighted by molar-refractivity contribution is -0.121. The van der Waals surface area contributed by atoms with Gasteiger partial charge in [-0.3, -0.25) is 9.69 Å². The van der Waals surface area contributed by atoms with E-state index in [0.29, 0.717) is 32.8 Å². The number of hydrogen-bond donors (Lipinski definition) is 0. The molecule has 0 aromatic heterocycles. The fraction of sp³-hybridized carbons (Fsp3) is 0.0952. The molecule has 28 heavy (non-hydrogen) atoms. The molecule has 0 bridgehead atoms. The molecule has 1 saturated heterocycles. The van der Waals surface area contributed by atoms with E-state index >= 15 is 0 Å². The maximum absolute atomic E-state index is 12.4. The smallest absolute Gasteiger partial charge is 0.343 e. The van der Waals surface area contributed by atoms with Gasteiger partial charge in [0, 0.05) is 6.54 Å². The lowest BCUT2D eigenvalue weighted by Crippen LogP contribution is -2.27. The molecular formula is C21H17NO4S2. The zero-order valence-corrected chi connectivity index (χ0v) is 16.7. The summed E-state index contributed by atoms with van der Waals surface area (Å²) in [6, 6.07) is 13.6. The van der Waals surface area contributed by atoms with Crippen molar-refractivity contribution in [1.82, 2.24) is 4.90 Å². The molecule has 0 atom stereocenters. The summed E-state index contributed by atoms with van der Waals surface area (Å²) in [5.41, 5.74) is 1.20. The third kappa shape index (κ3) is 4.49. The Labute approximate surface area is 172 Å². The van der Waals surface area contributed by atoms with Gasteiger partial charge in [0.15, 0.2) is 0 Å². The van der Waals surface area contributed by atoms with Gasteiger partial charge < -0.3 is 9.47 Å². The highest BCUT2D eigenvalue weighted by Crippen LogP contribution is 2.32. The van der Waals surface area contributed by atoms with Gasteiger partial charge in [0.2, 0.25) is 0 Å². The minimum absolute atomic E-state index is 0.136. The van der Waals surface area contributed by atoms with E-state index in [0.717, 1.165) is 5.56 Å². The van der Waals surface area contributed by atoms with Crippen LogP contribution in [0.5, 0.6) is 11.5 Å². The Hall–Kier alpha value is -2.90. The molecular weight excluding hydrogens is 394 g/mol. The maximum atomic E-state index is 12.4. The predicted octanol–water partition coefficient (Wildman–Crippen LogP) is 4.30. The highest BCUT2D eigenvalue weighted by atomic mass is 32.2. The van der Waals surface area contributed by atoms with E-state index in [1.54, 1.807) is 60.7 Å². The molecule has 0 spiro atoms. The van der Waals surface area contributed by atoms with E-state index in [1.165, 1.54) is 23.8 Å². The Kier molecular flexibility index (Phi) is 6.28. The molecule has 0 saturated carbocycles. The lowest BCUT2D eigenvalue weighted by Gasteiger charge is -2.10. The van der Waals surface area contributed by atoms with Crippen LogP contribution in [0.1, 0.15) is 15.9 Å². The summed E-state index contributed by atoms with van der Waals surface area (Å²) in [6.07, 6.45) is 3.40. The van der Waals surface area contributed by atoms with Crippen molar-refractivity contribution >= 4 is 46.3 Å². The van der Waals surface area contributed by atoms with Crippen LogP contribution in [-0.4, -0.2) is 34.8 Å². The normalized spacial score (nSPS) is 15.0. The number of ether oxygens (including phenoxy) is 2. The number of rotatable bonds is 6. The predicted molar refractivity (Wildman–Crippen MR) is 114 cm³/mol. The van der Waals surface area contributed by atoms with Crippen molar-refractivity contribution in [2.75, 3.05) is 13.7 Å². The molecule has 0 radical (unpaired) electrons. The first-order valence-electron chi connectivity index (χ1n) is 8.34. The van der Waals surface area contributed by atoms with Crippen molar-refractivity contribution in [2.45, 2.75) is 0 Å². The molecule has 0 aliphatic carbocycles. The minimum Gasteiger partial charge on any atom is -0.497 e. The second-order valence-corrected chi connectivity index (χ2v) is 7.45. The fourth-order valence-electron chi connectivity index (χ4n) is 2.49. The zero-order valence-electron chi connectivity index (χ0n) is 15.1. The Bertz CT molecular complexity index is 967. The molecule has 1 aliphatic heterocycles. The van der Waals surface area contributed by atoms with E-state index in [9.17, 15) is 9.59 Å². The van der Waals surface area contributed by atoms with E-state index in [4.69, 9.17) is 21.7 Å². The van der Waals surface area contributed by atoms with Gasteiger partial charge in [-0.15, -0.1) is 6.58 Å². The molecule has 3 rings (SSSR count). The Morgan fingerprint density at radius 3 is 2.64 bits per heavy atom. The van der Waals surface area contributed by atoms with Crippen LogP contribution in [0.25, 0.3) is 6.08 Å². The van der Waals surface area contributed by atoms with Crippen molar-refractivity contribution in [3.63, 3.8) is 0 Å². The number of nitrogens with zero attached hydrogens (tertiary/aromatic N) is 1. The number of benzene rings is 2. The van der Waals surface area contributed by atoms with Crippen molar-refractivity contribution in [3.05, 3.63) is 77.2 Å². The van der Waals surface area contributed by atoms with Gasteiger partial charge in [-0.05, 0) is 42.0 Å². The molecule has 2 aromatic rings. The number of carbonyl (C=O) groups excluding carboxylic acids is 2. The third-order valence-electron chi connectivity index (χ3n) is 3.88. The molecule has 1 heterocycles. The highest BCUT2D eigenvalue weighted by molar-refractivity contribution is 8.26. The number of esters is 1. The van der Waals surface area contributed by atoms with Gasteiger partial charge in [0.05, 0.1) is 17.6 Å². The SMILES string of the molecule is C=CCN1C(=O)/C(=C\c2ccc(OC(=O)c3cccc(OC)c3)cc2)SC1=S. The van der Waals surface area contributed by atoms with Gasteiger partial charge >= 0.3 is 5.97 Å². The summed E-state index contributed by atoms with van der Waals surface area (Å²) in [5, 5.41) is 0. The third-order valence-corrected chi connectivity index (χ3v) is 5.26. The number of hydrogen-bond acceptors (Lipinski definition) is 6. The average Bonchev–Trinajstić information content (AvgIpc) is 2.97. The summed E-state index contributed by atoms with van der Waals surface area (Å²) in [6.45, 7) is 4.03. The minimum atomic E-state index is -0.475. The van der Waals surface area contributed by atoms with Crippen LogP contribution in [-0.2, 0) is 4.79 Å². The van der Waals surface area contributed by atoms with Crippen LogP contribution in [0.15, 0.2) is 66.1 Å². The standard InChI is InChI=1S/C21H17NO4S2/c1-3-11-22-19(23)18(28-21(22)27)12-14-7-9-16(10-8-14)26-20(24)15-5-4-6-17(13-15)25-2/h3-10,12-13H,1,11H2,2H3/b18-12+.